The normalized spacial score (nSPS) is 21.2. The third kappa shape index (κ3) is 2.75. The average Bonchev–Trinajstić information content (AvgIpc) is 2.41. The van der Waals surface area contributed by atoms with Crippen molar-refractivity contribution in [2.45, 2.75) is 18.6 Å². The van der Waals surface area contributed by atoms with Crippen LogP contribution in [0.25, 0.3) is 0 Å². The molecule has 2 atom stereocenters. The largest absolute Gasteiger partial charge is 0.485 e. The Morgan fingerprint density at radius 2 is 1.95 bits per heavy atom. The molecular formula is C15H12Br2ClNO. The molecule has 1 aliphatic rings. The van der Waals surface area contributed by atoms with E-state index in [-0.39, 0.29) is 12.1 Å². The van der Waals surface area contributed by atoms with Crippen LogP contribution in [0.3, 0.4) is 0 Å². The molecule has 5 heteroatoms. The summed E-state index contributed by atoms with van der Waals surface area (Å²) in [6, 6.07) is 11.8. The van der Waals surface area contributed by atoms with E-state index in [0.29, 0.717) is 5.02 Å². The second kappa shape index (κ2) is 5.68. The second-order valence-electron chi connectivity index (χ2n) is 4.80. The molecule has 0 saturated carbocycles. The van der Waals surface area contributed by atoms with E-state index in [1.165, 1.54) is 0 Å². The highest BCUT2D eigenvalue weighted by Gasteiger charge is 2.27. The minimum absolute atomic E-state index is 0.0219. The van der Waals surface area contributed by atoms with Gasteiger partial charge in [-0.3, -0.25) is 0 Å². The molecule has 0 fully saturated rings. The standard InChI is InChI=1S/C15H12Br2ClNO/c16-9-2-3-10-13(19)7-14(20-15(10)6-9)8-1-4-12(18)11(17)5-8/h1-6,13-14H,7,19H2/t13-,14?/m0/s1. The molecule has 0 spiro atoms. The summed E-state index contributed by atoms with van der Waals surface area (Å²) in [6.45, 7) is 0. The average molecular weight is 418 g/mol. The monoisotopic (exact) mass is 415 g/mol. The molecule has 0 aliphatic carbocycles. The second-order valence-corrected chi connectivity index (χ2v) is 6.98. The van der Waals surface area contributed by atoms with Gasteiger partial charge in [0, 0.05) is 27.0 Å². The Labute approximate surface area is 139 Å². The molecule has 2 aromatic carbocycles. The van der Waals surface area contributed by atoms with E-state index in [4.69, 9.17) is 22.1 Å². The van der Waals surface area contributed by atoms with Crippen LogP contribution in [0.4, 0.5) is 0 Å². The van der Waals surface area contributed by atoms with E-state index in [1.807, 2.05) is 36.4 Å². The lowest BCUT2D eigenvalue weighted by molar-refractivity contribution is 0.161. The topological polar surface area (TPSA) is 35.2 Å². The molecule has 20 heavy (non-hydrogen) atoms. The van der Waals surface area contributed by atoms with Gasteiger partial charge in [0.15, 0.2) is 0 Å². The van der Waals surface area contributed by atoms with E-state index >= 15 is 0 Å². The number of halogens is 3. The highest BCUT2D eigenvalue weighted by molar-refractivity contribution is 9.10. The maximum absolute atomic E-state index is 6.26. The number of benzene rings is 2. The van der Waals surface area contributed by atoms with Crippen molar-refractivity contribution in [3.05, 3.63) is 61.5 Å². The molecule has 0 bridgehead atoms. The van der Waals surface area contributed by atoms with E-state index < -0.39 is 0 Å². The molecule has 1 aliphatic heterocycles. The number of hydrogen-bond acceptors (Lipinski definition) is 2. The van der Waals surface area contributed by atoms with Crippen molar-refractivity contribution in [2.75, 3.05) is 0 Å². The number of nitrogens with two attached hydrogens (primary N) is 1. The summed E-state index contributed by atoms with van der Waals surface area (Å²) in [6.07, 6.45) is 0.697. The lowest BCUT2D eigenvalue weighted by atomic mass is 9.94. The van der Waals surface area contributed by atoms with Gasteiger partial charge in [0.2, 0.25) is 0 Å². The van der Waals surface area contributed by atoms with Gasteiger partial charge >= 0.3 is 0 Å². The smallest absolute Gasteiger partial charge is 0.126 e. The van der Waals surface area contributed by atoms with E-state index in [9.17, 15) is 0 Å². The molecule has 0 saturated heterocycles. The summed E-state index contributed by atoms with van der Waals surface area (Å²) in [7, 11) is 0. The third-order valence-electron chi connectivity index (χ3n) is 3.43. The molecule has 3 rings (SSSR count). The molecule has 1 heterocycles. The molecule has 1 unspecified atom stereocenters. The Morgan fingerprint density at radius 3 is 2.70 bits per heavy atom. The summed E-state index contributed by atoms with van der Waals surface area (Å²) < 4.78 is 7.95. The molecule has 2 aromatic rings. The van der Waals surface area contributed by atoms with Crippen LogP contribution < -0.4 is 10.5 Å². The van der Waals surface area contributed by atoms with Crippen molar-refractivity contribution in [1.29, 1.82) is 0 Å². The zero-order valence-electron chi connectivity index (χ0n) is 10.4. The van der Waals surface area contributed by atoms with Crippen molar-refractivity contribution >= 4 is 43.5 Å². The van der Waals surface area contributed by atoms with Crippen molar-refractivity contribution in [3.8, 4) is 5.75 Å². The Kier molecular flexibility index (Phi) is 4.09. The number of rotatable bonds is 1. The third-order valence-corrected chi connectivity index (χ3v) is 5.13. The van der Waals surface area contributed by atoms with Gasteiger partial charge in [0.05, 0.1) is 5.02 Å². The predicted molar refractivity (Wildman–Crippen MR) is 88.2 cm³/mol. The van der Waals surface area contributed by atoms with Gasteiger partial charge in [0.1, 0.15) is 11.9 Å². The lowest BCUT2D eigenvalue weighted by Crippen LogP contribution is -2.24. The minimum Gasteiger partial charge on any atom is -0.485 e. The van der Waals surface area contributed by atoms with Gasteiger partial charge in [-0.25, -0.2) is 0 Å². The van der Waals surface area contributed by atoms with E-state index in [0.717, 1.165) is 32.2 Å². The maximum Gasteiger partial charge on any atom is 0.126 e. The van der Waals surface area contributed by atoms with E-state index in [1.54, 1.807) is 0 Å². The summed E-state index contributed by atoms with van der Waals surface area (Å²) in [5.41, 5.74) is 8.38. The summed E-state index contributed by atoms with van der Waals surface area (Å²) >= 11 is 12.9. The predicted octanol–water partition coefficient (Wildman–Crippen LogP) is 5.39. The molecule has 0 radical (unpaired) electrons. The molecule has 2 nitrogen and oxygen atoms in total. The fraction of sp³-hybridized carbons (Fsp3) is 0.200. The quantitative estimate of drug-likeness (QED) is 0.675. The Morgan fingerprint density at radius 1 is 1.15 bits per heavy atom. The van der Waals surface area contributed by atoms with Gasteiger partial charge in [0.25, 0.3) is 0 Å². The molecule has 0 aromatic heterocycles. The zero-order valence-corrected chi connectivity index (χ0v) is 14.4. The number of ether oxygens (including phenoxy) is 1. The van der Waals surface area contributed by atoms with Gasteiger partial charge in [-0.15, -0.1) is 0 Å². The van der Waals surface area contributed by atoms with Crippen LogP contribution in [0.5, 0.6) is 5.75 Å². The fourth-order valence-electron chi connectivity index (χ4n) is 2.39. The van der Waals surface area contributed by atoms with Crippen LogP contribution >= 0.6 is 43.5 Å². The zero-order chi connectivity index (χ0) is 14.3. The molecule has 104 valence electrons. The molecular weight excluding hydrogens is 405 g/mol. The fourth-order valence-corrected chi connectivity index (χ4v) is 3.25. The Hall–Kier alpha value is -0.550. The van der Waals surface area contributed by atoms with Crippen molar-refractivity contribution in [1.82, 2.24) is 0 Å². The first-order chi connectivity index (χ1) is 9.54. The van der Waals surface area contributed by atoms with Crippen LogP contribution in [0.15, 0.2) is 45.3 Å². The van der Waals surface area contributed by atoms with E-state index in [2.05, 4.69) is 31.9 Å². The first-order valence-corrected chi connectivity index (χ1v) is 8.17. The molecule has 0 amide bonds. The van der Waals surface area contributed by atoms with Crippen LogP contribution in [-0.2, 0) is 0 Å². The summed E-state index contributed by atoms with van der Waals surface area (Å²) in [5, 5.41) is 0.692. The van der Waals surface area contributed by atoms with Crippen LogP contribution in [-0.4, -0.2) is 0 Å². The first kappa shape index (κ1) is 14.4. The van der Waals surface area contributed by atoms with Gasteiger partial charge in [-0.05, 0) is 45.8 Å². The summed E-state index contributed by atoms with van der Waals surface area (Å²) in [4.78, 5) is 0. The lowest BCUT2D eigenvalue weighted by Gasteiger charge is -2.30. The SMILES string of the molecule is N[C@H]1CC(c2ccc(Cl)c(Br)c2)Oc2cc(Br)ccc21. The highest BCUT2D eigenvalue weighted by Crippen LogP contribution is 2.41. The molecule has 2 N–H and O–H groups in total. The van der Waals surface area contributed by atoms with Gasteiger partial charge in [-0.1, -0.05) is 39.7 Å². The van der Waals surface area contributed by atoms with Crippen LogP contribution in [0.2, 0.25) is 5.02 Å². The highest BCUT2D eigenvalue weighted by atomic mass is 79.9. The van der Waals surface area contributed by atoms with Gasteiger partial charge < -0.3 is 10.5 Å². The Balaban J connectivity index is 1.96. The van der Waals surface area contributed by atoms with Crippen LogP contribution in [0.1, 0.15) is 29.7 Å². The first-order valence-electron chi connectivity index (χ1n) is 6.21. The maximum atomic E-state index is 6.26. The minimum atomic E-state index is -0.0552. The van der Waals surface area contributed by atoms with Crippen molar-refractivity contribution < 1.29 is 4.74 Å². The number of hydrogen-bond donors (Lipinski definition) is 1. The van der Waals surface area contributed by atoms with Crippen LogP contribution in [0, 0.1) is 0 Å². The van der Waals surface area contributed by atoms with Crippen molar-refractivity contribution in [3.63, 3.8) is 0 Å². The number of fused-ring (bicyclic) bond motifs is 1. The summed E-state index contributed by atoms with van der Waals surface area (Å²) in [5.74, 6) is 0.842. The van der Waals surface area contributed by atoms with Gasteiger partial charge in [-0.2, -0.15) is 0 Å². The van der Waals surface area contributed by atoms with Crippen molar-refractivity contribution in [2.24, 2.45) is 5.73 Å². The Bertz CT molecular complexity index is 662.